The molecule has 0 saturated carbocycles. The number of fused-ring (bicyclic) bond motifs is 1. The first-order valence-corrected chi connectivity index (χ1v) is 7.80. The van der Waals surface area contributed by atoms with E-state index in [1.165, 1.54) is 11.3 Å². The van der Waals surface area contributed by atoms with Crippen LogP contribution in [0.1, 0.15) is 5.76 Å². The van der Waals surface area contributed by atoms with E-state index in [-0.39, 0.29) is 0 Å². The van der Waals surface area contributed by atoms with E-state index in [1.807, 2.05) is 13.0 Å². The fraction of sp³-hybridized carbons (Fsp3) is 0.0769. The largest absolute Gasteiger partial charge is 0.469 e. The summed E-state index contributed by atoms with van der Waals surface area (Å²) in [6, 6.07) is 5.29. The van der Waals surface area contributed by atoms with Crippen LogP contribution < -0.4 is 0 Å². The van der Waals surface area contributed by atoms with Gasteiger partial charge in [-0.2, -0.15) is 9.61 Å². The molecule has 0 N–H and O–H groups in total. The molecule has 0 fully saturated rings. The standard InChI is InChI=1S/C13H7Cl2N5OS/c1-6-7(4-5-21-6)11-17-18-13-20(11)19-12(22-13)8-2-3-9(14)16-10(8)15/h2-5H,1H3. The van der Waals surface area contributed by atoms with Crippen LogP contribution in [-0.4, -0.2) is 24.8 Å². The Bertz CT molecular complexity index is 990. The quantitative estimate of drug-likeness (QED) is 0.508. The van der Waals surface area contributed by atoms with Crippen LogP contribution in [0.3, 0.4) is 0 Å². The molecule has 4 heterocycles. The van der Waals surface area contributed by atoms with Crippen molar-refractivity contribution in [3.05, 3.63) is 40.5 Å². The Morgan fingerprint density at radius 1 is 1.14 bits per heavy atom. The number of aryl methyl sites for hydroxylation is 1. The second-order valence-corrected chi connectivity index (χ2v) is 6.19. The molecule has 0 atom stereocenters. The van der Waals surface area contributed by atoms with Gasteiger partial charge in [0, 0.05) is 5.56 Å². The average molecular weight is 352 g/mol. The smallest absolute Gasteiger partial charge is 0.235 e. The van der Waals surface area contributed by atoms with Crippen LogP contribution in [0, 0.1) is 6.92 Å². The van der Waals surface area contributed by atoms with Crippen molar-refractivity contribution in [2.24, 2.45) is 0 Å². The maximum Gasteiger partial charge on any atom is 0.235 e. The number of rotatable bonds is 2. The Balaban J connectivity index is 1.89. The van der Waals surface area contributed by atoms with Gasteiger partial charge in [-0.3, -0.25) is 0 Å². The highest BCUT2D eigenvalue weighted by atomic mass is 35.5. The zero-order valence-electron chi connectivity index (χ0n) is 11.1. The lowest BCUT2D eigenvalue weighted by Crippen LogP contribution is -1.91. The number of furan rings is 1. The van der Waals surface area contributed by atoms with Crippen molar-refractivity contribution in [2.75, 3.05) is 0 Å². The third-order valence-corrected chi connectivity index (χ3v) is 4.57. The second kappa shape index (κ2) is 5.05. The minimum Gasteiger partial charge on any atom is -0.469 e. The van der Waals surface area contributed by atoms with Crippen LogP contribution >= 0.6 is 34.5 Å². The molecule has 6 nitrogen and oxygen atoms in total. The van der Waals surface area contributed by atoms with Crippen molar-refractivity contribution in [1.29, 1.82) is 0 Å². The summed E-state index contributed by atoms with van der Waals surface area (Å²) in [7, 11) is 0. The molecule has 0 radical (unpaired) electrons. The summed E-state index contributed by atoms with van der Waals surface area (Å²) in [5, 5.41) is 14.2. The third kappa shape index (κ3) is 2.09. The van der Waals surface area contributed by atoms with Gasteiger partial charge in [0.2, 0.25) is 4.96 Å². The maximum atomic E-state index is 6.13. The molecule has 0 bridgehead atoms. The molecule has 4 aromatic rings. The van der Waals surface area contributed by atoms with Crippen LogP contribution in [0.5, 0.6) is 0 Å². The van der Waals surface area contributed by atoms with Crippen molar-refractivity contribution in [2.45, 2.75) is 6.92 Å². The Hall–Kier alpha value is -1.96. The van der Waals surface area contributed by atoms with Gasteiger partial charge in [-0.1, -0.05) is 34.5 Å². The predicted octanol–water partition coefficient (Wildman–Crippen LogP) is 4.12. The van der Waals surface area contributed by atoms with Gasteiger partial charge < -0.3 is 4.42 Å². The summed E-state index contributed by atoms with van der Waals surface area (Å²) in [4.78, 5) is 4.69. The Kier molecular flexibility index (Phi) is 3.14. The second-order valence-electron chi connectivity index (χ2n) is 4.49. The van der Waals surface area contributed by atoms with Gasteiger partial charge in [-0.15, -0.1) is 10.2 Å². The van der Waals surface area contributed by atoms with Crippen LogP contribution in [0.4, 0.5) is 0 Å². The third-order valence-electron chi connectivity index (χ3n) is 3.14. The van der Waals surface area contributed by atoms with E-state index >= 15 is 0 Å². The highest BCUT2D eigenvalue weighted by molar-refractivity contribution is 7.19. The molecule has 22 heavy (non-hydrogen) atoms. The van der Waals surface area contributed by atoms with Crippen LogP contribution in [0.15, 0.2) is 28.9 Å². The monoisotopic (exact) mass is 351 g/mol. The number of halogens is 2. The van der Waals surface area contributed by atoms with E-state index in [2.05, 4.69) is 20.3 Å². The van der Waals surface area contributed by atoms with Gasteiger partial charge in [0.25, 0.3) is 0 Å². The zero-order chi connectivity index (χ0) is 15.3. The molecular weight excluding hydrogens is 345 g/mol. The summed E-state index contributed by atoms with van der Waals surface area (Å²) in [6.07, 6.45) is 1.61. The lowest BCUT2D eigenvalue weighted by molar-refractivity contribution is 0.535. The molecule has 4 aromatic heterocycles. The van der Waals surface area contributed by atoms with Gasteiger partial charge in [-0.25, -0.2) is 4.98 Å². The molecule has 110 valence electrons. The highest BCUT2D eigenvalue weighted by Gasteiger charge is 2.18. The number of aromatic nitrogens is 5. The lowest BCUT2D eigenvalue weighted by Gasteiger charge is -1.99. The van der Waals surface area contributed by atoms with E-state index in [4.69, 9.17) is 27.6 Å². The first-order chi connectivity index (χ1) is 10.6. The van der Waals surface area contributed by atoms with Gasteiger partial charge in [-0.05, 0) is 25.1 Å². The first-order valence-electron chi connectivity index (χ1n) is 6.22. The summed E-state index contributed by atoms with van der Waals surface area (Å²) in [6.45, 7) is 1.86. The molecule has 0 aliphatic rings. The Morgan fingerprint density at radius 3 is 2.73 bits per heavy atom. The zero-order valence-corrected chi connectivity index (χ0v) is 13.4. The number of pyridine rings is 1. The molecule has 0 unspecified atom stereocenters. The lowest BCUT2D eigenvalue weighted by atomic mass is 10.2. The van der Waals surface area contributed by atoms with Gasteiger partial charge >= 0.3 is 0 Å². The summed E-state index contributed by atoms with van der Waals surface area (Å²) in [5.74, 6) is 1.39. The minimum atomic E-state index is 0.304. The maximum absolute atomic E-state index is 6.13. The van der Waals surface area contributed by atoms with Crippen molar-refractivity contribution < 1.29 is 4.42 Å². The number of hydrogen-bond acceptors (Lipinski definition) is 6. The summed E-state index contributed by atoms with van der Waals surface area (Å²) in [5.41, 5.74) is 1.56. The van der Waals surface area contributed by atoms with Gasteiger partial charge in [0.1, 0.15) is 16.1 Å². The molecule has 9 heteroatoms. The molecular formula is C13H7Cl2N5OS. The van der Waals surface area contributed by atoms with Crippen molar-refractivity contribution in [1.82, 2.24) is 24.8 Å². The Morgan fingerprint density at radius 2 is 2.00 bits per heavy atom. The molecule has 0 spiro atoms. The molecule has 0 amide bonds. The summed E-state index contributed by atoms with van der Waals surface area (Å²) >= 11 is 13.3. The fourth-order valence-electron chi connectivity index (χ4n) is 2.08. The van der Waals surface area contributed by atoms with Crippen LogP contribution in [0.2, 0.25) is 10.3 Å². The predicted molar refractivity (Wildman–Crippen MR) is 84.3 cm³/mol. The fourth-order valence-corrected chi connectivity index (χ4v) is 3.44. The van der Waals surface area contributed by atoms with Crippen molar-refractivity contribution in [3.8, 4) is 22.0 Å². The molecule has 4 rings (SSSR count). The van der Waals surface area contributed by atoms with E-state index in [0.717, 1.165) is 11.3 Å². The van der Waals surface area contributed by atoms with E-state index in [1.54, 1.807) is 22.9 Å². The SMILES string of the molecule is Cc1occc1-c1nnc2sc(-c3ccc(Cl)nc3Cl)nn12. The molecule has 0 aromatic carbocycles. The first kappa shape index (κ1) is 13.7. The molecule has 0 saturated heterocycles. The van der Waals surface area contributed by atoms with E-state index in [0.29, 0.717) is 31.7 Å². The van der Waals surface area contributed by atoms with Crippen molar-refractivity contribution >= 4 is 39.5 Å². The summed E-state index contributed by atoms with van der Waals surface area (Å²) < 4.78 is 6.98. The molecule has 0 aliphatic heterocycles. The van der Waals surface area contributed by atoms with E-state index < -0.39 is 0 Å². The van der Waals surface area contributed by atoms with E-state index in [9.17, 15) is 0 Å². The molecule has 0 aliphatic carbocycles. The van der Waals surface area contributed by atoms with Gasteiger partial charge in [0.15, 0.2) is 10.8 Å². The normalized spacial score (nSPS) is 11.4. The minimum absolute atomic E-state index is 0.304. The van der Waals surface area contributed by atoms with Crippen LogP contribution in [-0.2, 0) is 0 Å². The van der Waals surface area contributed by atoms with Crippen LogP contribution in [0.25, 0.3) is 26.9 Å². The highest BCUT2D eigenvalue weighted by Crippen LogP contribution is 2.33. The Labute approximate surface area is 138 Å². The average Bonchev–Trinajstić information content (AvgIpc) is 3.14. The number of hydrogen-bond donors (Lipinski definition) is 0. The van der Waals surface area contributed by atoms with Crippen molar-refractivity contribution in [3.63, 3.8) is 0 Å². The number of nitrogens with zero attached hydrogens (tertiary/aromatic N) is 5. The van der Waals surface area contributed by atoms with Gasteiger partial charge in [0.05, 0.1) is 11.8 Å². The topological polar surface area (TPSA) is 69.1 Å².